The largest absolute Gasteiger partial charge is 0.280 e. The van der Waals surface area contributed by atoms with Gasteiger partial charge >= 0.3 is 0 Å². The first-order valence-electron chi connectivity index (χ1n) is 3.93. The lowest BCUT2D eigenvalue weighted by Gasteiger charge is -1.99. The highest BCUT2D eigenvalue weighted by molar-refractivity contribution is 5.14. The van der Waals surface area contributed by atoms with E-state index < -0.39 is 0 Å². The zero-order valence-electron chi connectivity index (χ0n) is 6.64. The van der Waals surface area contributed by atoms with Crippen molar-refractivity contribution in [2.75, 3.05) is 6.54 Å². The summed E-state index contributed by atoms with van der Waals surface area (Å²) in [6.07, 6.45) is 3.56. The highest BCUT2D eigenvalue weighted by Crippen LogP contribution is 2.19. The Hall–Kier alpha value is -1.40. The molecular formula is C9H9N3. The summed E-state index contributed by atoms with van der Waals surface area (Å²) >= 11 is 0. The molecule has 1 fully saturated rings. The van der Waals surface area contributed by atoms with Gasteiger partial charge in [-0.2, -0.15) is 5.26 Å². The van der Waals surface area contributed by atoms with Crippen LogP contribution in [0.5, 0.6) is 0 Å². The highest BCUT2D eigenvalue weighted by Gasteiger charge is 2.33. The van der Waals surface area contributed by atoms with Crippen molar-refractivity contribution in [3.05, 3.63) is 30.1 Å². The van der Waals surface area contributed by atoms with E-state index >= 15 is 0 Å². The molecule has 1 saturated heterocycles. The fraction of sp³-hybridized carbons (Fsp3) is 0.333. The molecule has 0 amide bonds. The zero-order valence-corrected chi connectivity index (χ0v) is 6.64. The molecule has 1 aliphatic heterocycles. The number of pyridine rings is 1. The Balaban J connectivity index is 1.95. The number of aromatic nitrogens is 1. The van der Waals surface area contributed by atoms with Gasteiger partial charge in [0.1, 0.15) is 6.04 Å². The van der Waals surface area contributed by atoms with Gasteiger partial charge in [-0.15, -0.1) is 0 Å². The Bertz CT molecular complexity index is 301. The minimum atomic E-state index is 0.151. The molecule has 1 aromatic rings. The van der Waals surface area contributed by atoms with Crippen molar-refractivity contribution in [2.24, 2.45) is 0 Å². The van der Waals surface area contributed by atoms with E-state index in [0.29, 0.717) is 0 Å². The highest BCUT2D eigenvalue weighted by atomic mass is 15.3. The van der Waals surface area contributed by atoms with Crippen molar-refractivity contribution in [2.45, 2.75) is 12.6 Å². The minimum Gasteiger partial charge on any atom is -0.280 e. The summed E-state index contributed by atoms with van der Waals surface area (Å²) in [5, 5.41) is 8.55. The maximum atomic E-state index is 8.55. The molecule has 1 aromatic heterocycles. The van der Waals surface area contributed by atoms with E-state index in [4.69, 9.17) is 5.26 Å². The third-order valence-electron chi connectivity index (χ3n) is 2.00. The summed E-state index contributed by atoms with van der Waals surface area (Å²) in [6, 6.07) is 6.33. The van der Waals surface area contributed by atoms with Crippen LogP contribution >= 0.6 is 0 Å². The summed E-state index contributed by atoms with van der Waals surface area (Å²) in [5.74, 6) is 0. The van der Waals surface area contributed by atoms with Crippen LogP contribution in [0.15, 0.2) is 24.5 Å². The number of hydrogen-bond donors (Lipinski definition) is 0. The fourth-order valence-electron chi connectivity index (χ4n) is 1.19. The van der Waals surface area contributed by atoms with Crippen LogP contribution in [0.25, 0.3) is 0 Å². The molecule has 1 aliphatic rings. The fourth-order valence-corrected chi connectivity index (χ4v) is 1.19. The summed E-state index contributed by atoms with van der Waals surface area (Å²) in [5.41, 5.74) is 1.22. The summed E-state index contributed by atoms with van der Waals surface area (Å²) in [6.45, 7) is 1.79. The molecule has 2 rings (SSSR count). The lowest BCUT2D eigenvalue weighted by molar-refractivity contribution is 0.531. The van der Waals surface area contributed by atoms with Crippen LogP contribution in [0.1, 0.15) is 5.56 Å². The normalized spacial score (nSPS) is 26.2. The number of nitriles is 1. The first-order chi connectivity index (χ1) is 5.90. The lowest BCUT2D eigenvalue weighted by Crippen LogP contribution is -2.00. The Morgan fingerprint density at radius 1 is 1.58 bits per heavy atom. The second-order valence-electron chi connectivity index (χ2n) is 2.93. The average Bonchev–Trinajstić information content (AvgIpc) is 2.85. The van der Waals surface area contributed by atoms with Gasteiger partial charge in [0.15, 0.2) is 0 Å². The lowest BCUT2D eigenvalue weighted by atomic mass is 10.3. The molecule has 0 aromatic carbocycles. The van der Waals surface area contributed by atoms with Crippen molar-refractivity contribution >= 4 is 0 Å². The van der Waals surface area contributed by atoms with E-state index in [1.54, 1.807) is 12.4 Å². The van der Waals surface area contributed by atoms with E-state index in [-0.39, 0.29) is 6.04 Å². The van der Waals surface area contributed by atoms with Crippen molar-refractivity contribution < 1.29 is 0 Å². The predicted molar refractivity (Wildman–Crippen MR) is 44.0 cm³/mol. The summed E-state index contributed by atoms with van der Waals surface area (Å²) < 4.78 is 0. The topological polar surface area (TPSA) is 39.7 Å². The van der Waals surface area contributed by atoms with Crippen LogP contribution < -0.4 is 0 Å². The van der Waals surface area contributed by atoms with Crippen LogP contribution in [-0.4, -0.2) is 22.5 Å². The van der Waals surface area contributed by atoms with E-state index in [1.807, 2.05) is 12.1 Å². The van der Waals surface area contributed by atoms with Gasteiger partial charge in [-0.1, -0.05) is 0 Å². The van der Waals surface area contributed by atoms with Gasteiger partial charge in [0.25, 0.3) is 0 Å². The number of rotatable bonds is 2. The van der Waals surface area contributed by atoms with Gasteiger partial charge in [0, 0.05) is 25.5 Å². The Morgan fingerprint density at radius 3 is 2.92 bits per heavy atom. The number of nitrogens with zero attached hydrogens (tertiary/aromatic N) is 3. The molecule has 0 saturated carbocycles. The second kappa shape index (κ2) is 2.92. The van der Waals surface area contributed by atoms with Crippen molar-refractivity contribution in [3.63, 3.8) is 0 Å². The maximum Gasteiger partial charge on any atom is 0.111 e. The van der Waals surface area contributed by atoms with Gasteiger partial charge in [-0.05, 0) is 17.7 Å². The third-order valence-corrected chi connectivity index (χ3v) is 2.00. The van der Waals surface area contributed by atoms with Gasteiger partial charge in [0.05, 0.1) is 6.07 Å². The molecular weight excluding hydrogens is 150 g/mol. The van der Waals surface area contributed by atoms with Crippen LogP contribution in [0.3, 0.4) is 0 Å². The SMILES string of the molecule is N#CC1CN1Cc1ccncc1. The molecule has 3 nitrogen and oxygen atoms in total. The Morgan fingerprint density at radius 2 is 2.33 bits per heavy atom. The molecule has 0 radical (unpaired) electrons. The smallest absolute Gasteiger partial charge is 0.111 e. The van der Waals surface area contributed by atoms with E-state index in [9.17, 15) is 0 Å². The first-order valence-corrected chi connectivity index (χ1v) is 3.93. The molecule has 2 atom stereocenters. The van der Waals surface area contributed by atoms with Crippen LogP contribution in [-0.2, 0) is 6.54 Å². The van der Waals surface area contributed by atoms with Gasteiger partial charge in [-0.25, -0.2) is 0 Å². The van der Waals surface area contributed by atoms with Gasteiger partial charge in [-0.3, -0.25) is 9.88 Å². The van der Waals surface area contributed by atoms with Crippen molar-refractivity contribution in [1.82, 2.24) is 9.88 Å². The summed E-state index contributed by atoms with van der Waals surface area (Å²) in [4.78, 5) is 6.05. The molecule has 60 valence electrons. The molecule has 3 heteroatoms. The zero-order chi connectivity index (χ0) is 8.39. The molecule has 0 N–H and O–H groups in total. The third kappa shape index (κ3) is 1.44. The molecule has 12 heavy (non-hydrogen) atoms. The first kappa shape index (κ1) is 7.26. The van der Waals surface area contributed by atoms with E-state index in [2.05, 4.69) is 16.0 Å². The quantitative estimate of drug-likeness (QED) is 0.599. The van der Waals surface area contributed by atoms with Gasteiger partial charge in [0.2, 0.25) is 0 Å². The standard InChI is InChI=1S/C9H9N3/c10-5-9-7-12(9)6-8-1-3-11-4-2-8/h1-4,9H,6-7H2. The van der Waals surface area contributed by atoms with E-state index in [1.165, 1.54) is 5.56 Å². The monoisotopic (exact) mass is 159 g/mol. The average molecular weight is 159 g/mol. The minimum absolute atomic E-state index is 0.151. The molecule has 0 aliphatic carbocycles. The van der Waals surface area contributed by atoms with Crippen LogP contribution in [0.2, 0.25) is 0 Å². The second-order valence-corrected chi connectivity index (χ2v) is 2.93. The molecule has 0 bridgehead atoms. The molecule has 2 heterocycles. The van der Waals surface area contributed by atoms with Crippen molar-refractivity contribution in [3.8, 4) is 6.07 Å². The molecule has 0 spiro atoms. The predicted octanol–water partition coefficient (Wildman–Crippen LogP) is 0.789. The number of hydrogen-bond acceptors (Lipinski definition) is 3. The maximum absolute atomic E-state index is 8.55. The van der Waals surface area contributed by atoms with Crippen LogP contribution in [0, 0.1) is 11.3 Å². The Kier molecular flexibility index (Phi) is 1.77. The Labute approximate surface area is 71.3 Å². The van der Waals surface area contributed by atoms with Crippen LogP contribution in [0.4, 0.5) is 0 Å². The van der Waals surface area contributed by atoms with Crippen molar-refractivity contribution in [1.29, 1.82) is 5.26 Å². The van der Waals surface area contributed by atoms with E-state index in [0.717, 1.165) is 13.1 Å². The van der Waals surface area contributed by atoms with Gasteiger partial charge < -0.3 is 0 Å². The summed E-state index contributed by atoms with van der Waals surface area (Å²) in [7, 11) is 0. The molecule has 2 unspecified atom stereocenters.